The van der Waals surface area contributed by atoms with Crippen molar-refractivity contribution in [3.63, 3.8) is 0 Å². The molecule has 1 aliphatic rings. The average molecular weight is 475 g/mol. The fraction of sp³-hybridized carbons (Fsp3) is 0.300. The molecule has 0 spiro atoms. The number of rotatable bonds is 6. The summed E-state index contributed by atoms with van der Waals surface area (Å²) in [4.78, 5) is 32.5. The van der Waals surface area contributed by atoms with Crippen molar-refractivity contribution in [2.75, 3.05) is 10.6 Å². The van der Waals surface area contributed by atoms with E-state index in [-0.39, 0.29) is 40.1 Å². The molecule has 0 radical (unpaired) electrons. The number of aryl methyl sites for hydroxylation is 1. The lowest BCUT2D eigenvalue weighted by Gasteiger charge is -2.15. The van der Waals surface area contributed by atoms with Gasteiger partial charge in [-0.3, -0.25) is 15.1 Å². The minimum absolute atomic E-state index is 0.0274. The molecule has 0 aliphatic heterocycles. The molecule has 4 rings (SSSR count). The first-order chi connectivity index (χ1) is 15.7. The van der Waals surface area contributed by atoms with E-state index >= 15 is 0 Å². The first-order valence-corrected chi connectivity index (χ1v) is 10.3. The Hall–Kier alpha value is -3.64. The third-order valence-corrected chi connectivity index (χ3v) is 5.37. The predicted octanol–water partition coefficient (Wildman–Crippen LogP) is 2.66. The van der Waals surface area contributed by atoms with E-state index in [4.69, 9.17) is 22.1 Å². The zero-order chi connectivity index (χ0) is 23.7. The van der Waals surface area contributed by atoms with Gasteiger partial charge in [0, 0.05) is 18.7 Å². The molecule has 1 fully saturated rings. The Kier molecular flexibility index (Phi) is 6.20. The fourth-order valence-corrected chi connectivity index (χ4v) is 3.36. The summed E-state index contributed by atoms with van der Waals surface area (Å²) in [6, 6.07) is 4.34. The number of nitrogens with two attached hydrogens (primary N) is 1. The quantitative estimate of drug-likeness (QED) is 0.461. The maximum atomic E-state index is 13.5. The largest absolute Gasteiger partial charge is 0.441 e. The minimum atomic E-state index is -0.869. The van der Waals surface area contributed by atoms with Crippen LogP contribution in [-0.4, -0.2) is 43.0 Å². The van der Waals surface area contributed by atoms with Gasteiger partial charge in [-0.25, -0.2) is 18.9 Å². The van der Waals surface area contributed by atoms with Crippen molar-refractivity contribution >= 4 is 35.1 Å². The van der Waals surface area contributed by atoms with Crippen LogP contribution in [0, 0.1) is 11.7 Å². The van der Waals surface area contributed by atoms with E-state index in [2.05, 4.69) is 30.9 Å². The Balaban J connectivity index is 1.44. The van der Waals surface area contributed by atoms with Crippen molar-refractivity contribution in [1.82, 2.24) is 25.0 Å². The molecule has 0 bridgehead atoms. The highest BCUT2D eigenvalue weighted by molar-refractivity contribution is 6.30. The number of hydrogen-bond donors (Lipinski definition) is 3. The van der Waals surface area contributed by atoms with Crippen molar-refractivity contribution in [1.29, 1.82) is 0 Å². The maximum absolute atomic E-state index is 13.5. The van der Waals surface area contributed by atoms with Crippen LogP contribution in [0.1, 0.15) is 25.0 Å². The second-order valence-electron chi connectivity index (χ2n) is 7.54. The van der Waals surface area contributed by atoms with Crippen LogP contribution in [-0.2, 0) is 16.6 Å². The summed E-state index contributed by atoms with van der Waals surface area (Å²) in [5.41, 5.74) is 7.12. The molecule has 4 N–H and O–H groups in total. The van der Waals surface area contributed by atoms with Gasteiger partial charge >= 0.3 is 6.09 Å². The molecule has 3 atom stereocenters. The highest BCUT2D eigenvalue weighted by atomic mass is 35.5. The zero-order valence-electron chi connectivity index (χ0n) is 17.6. The number of nitrogens with one attached hydrogen (secondary N) is 2. The van der Waals surface area contributed by atoms with Crippen LogP contribution in [0.25, 0.3) is 11.4 Å². The molecule has 3 aromatic heterocycles. The zero-order valence-corrected chi connectivity index (χ0v) is 18.4. The topological polar surface area (TPSA) is 150 Å². The summed E-state index contributed by atoms with van der Waals surface area (Å²) in [5.74, 6) is -0.700. The Bertz CT molecular complexity index is 1200. The lowest BCUT2D eigenvalue weighted by Crippen LogP contribution is -2.19. The van der Waals surface area contributed by atoms with E-state index in [0.29, 0.717) is 17.8 Å². The van der Waals surface area contributed by atoms with Crippen LogP contribution < -0.4 is 16.4 Å². The Labute approximate surface area is 192 Å². The fourth-order valence-electron chi connectivity index (χ4n) is 3.10. The Morgan fingerprint density at radius 2 is 2.06 bits per heavy atom. The molecule has 172 valence electrons. The van der Waals surface area contributed by atoms with E-state index < -0.39 is 18.0 Å². The van der Waals surface area contributed by atoms with Gasteiger partial charge in [-0.1, -0.05) is 16.8 Å². The molecule has 3 aromatic rings. The van der Waals surface area contributed by atoms with Crippen LogP contribution in [0.2, 0.25) is 5.15 Å². The first-order valence-electron chi connectivity index (χ1n) is 9.94. The molecule has 13 heteroatoms. The highest BCUT2D eigenvalue weighted by Crippen LogP contribution is 2.30. The van der Waals surface area contributed by atoms with Crippen LogP contribution in [0.3, 0.4) is 0 Å². The highest BCUT2D eigenvalue weighted by Gasteiger charge is 2.40. The number of nitrogens with zero attached hydrogens (tertiary/aromatic N) is 5. The van der Waals surface area contributed by atoms with Gasteiger partial charge in [0.1, 0.15) is 17.1 Å². The van der Waals surface area contributed by atoms with Gasteiger partial charge in [0.25, 0.3) is 0 Å². The molecule has 1 saturated carbocycles. The van der Waals surface area contributed by atoms with Crippen LogP contribution in [0.15, 0.2) is 30.6 Å². The second-order valence-corrected chi connectivity index (χ2v) is 7.90. The van der Waals surface area contributed by atoms with Crippen molar-refractivity contribution < 1.29 is 18.7 Å². The van der Waals surface area contributed by atoms with Gasteiger partial charge in [-0.15, -0.1) is 5.10 Å². The SMILES string of the molecule is C[C@@H](OC(=O)Nc1c(-c2ccc(NC(=O)[C@@H]3C[C@H]3N)cn2)nnn1C)c1cc(F)cnc1Cl. The summed E-state index contributed by atoms with van der Waals surface area (Å²) < 4.78 is 20.1. The normalized spacial score (nSPS) is 17.8. The van der Waals surface area contributed by atoms with E-state index in [9.17, 15) is 14.0 Å². The molecular formula is C20H20ClFN8O3. The van der Waals surface area contributed by atoms with Crippen LogP contribution in [0.4, 0.5) is 20.7 Å². The number of carbonyl (C=O) groups excluding carboxylic acids is 2. The Morgan fingerprint density at radius 3 is 2.73 bits per heavy atom. The third-order valence-electron chi connectivity index (χ3n) is 5.05. The number of amides is 2. The number of hydrogen-bond acceptors (Lipinski definition) is 8. The van der Waals surface area contributed by atoms with Gasteiger partial charge in [-0.05, 0) is 31.5 Å². The molecule has 11 nitrogen and oxygen atoms in total. The number of carbonyl (C=O) groups is 2. The molecular weight excluding hydrogens is 455 g/mol. The summed E-state index contributed by atoms with van der Waals surface area (Å²) in [6.45, 7) is 1.54. The van der Waals surface area contributed by atoms with Crippen LogP contribution in [0.5, 0.6) is 0 Å². The minimum Gasteiger partial charge on any atom is -0.441 e. The second kappa shape index (κ2) is 9.08. The smallest absolute Gasteiger partial charge is 0.413 e. The first kappa shape index (κ1) is 22.6. The standard InChI is InChI=1S/C20H20ClFN8O3/c1-9(12-5-10(22)7-25-17(12)21)33-20(32)27-18-16(28-29-30(18)2)15-4-3-11(8-24-15)26-19(31)13-6-14(13)23/h3-5,7-9,13-14H,6,23H2,1-2H3,(H,26,31)(H,27,32)/t9-,13-,14-/m1/s1. The average Bonchev–Trinajstić information content (AvgIpc) is 3.41. The number of aromatic nitrogens is 5. The monoisotopic (exact) mass is 474 g/mol. The van der Waals surface area contributed by atoms with Gasteiger partial charge < -0.3 is 15.8 Å². The predicted molar refractivity (Wildman–Crippen MR) is 117 cm³/mol. The molecule has 1 aliphatic carbocycles. The van der Waals surface area contributed by atoms with E-state index in [1.54, 1.807) is 19.2 Å². The van der Waals surface area contributed by atoms with Gasteiger partial charge in [0.2, 0.25) is 5.91 Å². The lowest BCUT2D eigenvalue weighted by atomic mass is 10.2. The summed E-state index contributed by atoms with van der Waals surface area (Å²) in [6.07, 6.45) is 1.41. The summed E-state index contributed by atoms with van der Waals surface area (Å²) >= 11 is 5.97. The molecule has 0 unspecified atom stereocenters. The molecule has 0 aromatic carbocycles. The lowest BCUT2D eigenvalue weighted by molar-refractivity contribution is -0.117. The van der Waals surface area contributed by atoms with E-state index in [0.717, 1.165) is 12.3 Å². The van der Waals surface area contributed by atoms with E-state index in [1.807, 2.05) is 0 Å². The number of pyridine rings is 2. The number of anilines is 2. The number of halogens is 2. The molecule has 3 heterocycles. The number of ether oxygens (including phenoxy) is 1. The van der Waals surface area contributed by atoms with Crippen molar-refractivity contribution in [3.8, 4) is 11.4 Å². The Morgan fingerprint density at radius 1 is 1.30 bits per heavy atom. The van der Waals surface area contributed by atoms with Crippen LogP contribution >= 0.6 is 11.6 Å². The third kappa shape index (κ3) is 5.07. The van der Waals surface area contributed by atoms with E-state index in [1.165, 1.54) is 17.8 Å². The summed E-state index contributed by atoms with van der Waals surface area (Å²) in [5, 5.41) is 13.3. The molecule has 2 amide bonds. The van der Waals surface area contributed by atoms with Crippen molar-refractivity contribution in [2.24, 2.45) is 18.7 Å². The molecule has 33 heavy (non-hydrogen) atoms. The summed E-state index contributed by atoms with van der Waals surface area (Å²) in [7, 11) is 1.58. The molecule has 0 saturated heterocycles. The van der Waals surface area contributed by atoms with Gasteiger partial charge in [-0.2, -0.15) is 0 Å². The van der Waals surface area contributed by atoms with Crippen molar-refractivity contribution in [2.45, 2.75) is 25.5 Å². The maximum Gasteiger partial charge on any atom is 0.413 e. The van der Waals surface area contributed by atoms with Gasteiger partial charge in [0.15, 0.2) is 11.5 Å². The van der Waals surface area contributed by atoms with Crippen molar-refractivity contribution in [3.05, 3.63) is 47.1 Å². The van der Waals surface area contributed by atoms with Gasteiger partial charge in [0.05, 0.1) is 29.7 Å².